The summed E-state index contributed by atoms with van der Waals surface area (Å²) in [5.74, 6) is 0.944. The second kappa shape index (κ2) is 5.65. The van der Waals surface area contributed by atoms with Crippen LogP contribution >= 0.6 is 0 Å². The minimum Gasteiger partial charge on any atom is -0.314 e. The van der Waals surface area contributed by atoms with Gasteiger partial charge in [-0.05, 0) is 26.2 Å². The molecule has 0 aliphatic rings. The van der Waals surface area contributed by atoms with Gasteiger partial charge in [-0.2, -0.15) is 4.98 Å². The van der Waals surface area contributed by atoms with E-state index in [1.54, 1.807) is 7.05 Å². The van der Waals surface area contributed by atoms with Crippen LogP contribution in [-0.2, 0) is 20.1 Å². The number of imidazole rings is 2. The fourth-order valence-corrected chi connectivity index (χ4v) is 3.33. The zero-order valence-electron chi connectivity index (χ0n) is 15.3. The maximum Gasteiger partial charge on any atom is 0.332 e. The van der Waals surface area contributed by atoms with E-state index in [1.165, 1.54) is 9.13 Å². The molecular weight excluding hydrogens is 306 g/mol. The molecule has 0 aliphatic carbocycles. The summed E-state index contributed by atoms with van der Waals surface area (Å²) in [6, 6.07) is 0. The molecule has 24 heavy (non-hydrogen) atoms. The van der Waals surface area contributed by atoms with Gasteiger partial charge in [-0.1, -0.05) is 20.8 Å². The molecule has 3 rings (SSSR count). The summed E-state index contributed by atoms with van der Waals surface area (Å²) in [6.07, 6.45) is 0.977. The van der Waals surface area contributed by atoms with Crippen LogP contribution in [0.5, 0.6) is 0 Å². The van der Waals surface area contributed by atoms with Gasteiger partial charge in [0.1, 0.15) is 0 Å². The van der Waals surface area contributed by atoms with Crippen LogP contribution in [-0.4, -0.2) is 23.1 Å². The van der Waals surface area contributed by atoms with Gasteiger partial charge in [0.25, 0.3) is 5.56 Å². The van der Waals surface area contributed by atoms with E-state index >= 15 is 0 Å². The van der Waals surface area contributed by atoms with Crippen LogP contribution in [0, 0.1) is 19.8 Å². The van der Waals surface area contributed by atoms with Crippen LogP contribution in [0.15, 0.2) is 9.59 Å². The molecule has 130 valence electrons. The number of rotatable bonds is 4. The summed E-state index contributed by atoms with van der Waals surface area (Å²) in [6.45, 7) is 11.4. The van der Waals surface area contributed by atoms with Crippen molar-refractivity contribution in [3.63, 3.8) is 0 Å². The van der Waals surface area contributed by atoms with Crippen molar-refractivity contribution in [1.29, 1.82) is 0 Å². The number of hydrogen-bond donors (Lipinski definition) is 0. The molecular formula is C17H25N5O2. The van der Waals surface area contributed by atoms with E-state index in [0.29, 0.717) is 17.7 Å². The van der Waals surface area contributed by atoms with Gasteiger partial charge < -0.3 is 4.57 Å². The second-order valence-electron chi connectivity index (χ2n) is 6.89. The standard InChI is InChI=1S/C17H25N5O2/c1-7-8-20-11(4)12(5)22-13-14(18-16(20)22)19(6)17(24)21(15(13)23)9-10(2)3/h10H,7-9H2,1-6H3. The molecule has 0 unspecified atom stereocenters. The predicted molar refractivity (Wildman–Crippen MR) is 94.8 cm³/mol. The highest BCUT2D eigenvalue weighted by molar-refractivity contribution is 5.76. The summed E-state index contributed by atoms with van der Waals surface area (Å²) < 4.78 is 6.83. The van der Waals surface area contributed by atoms with Crippen molar-refractivity contribution >= 4 is 16.9 Å². The number of aryl methyl sites for hydroxylation is 3. The number of nitrogens with zero attached hydrogens (tertiary/aromatic N) is 5. The summed E-state index contributed by atoms with van der Waals surface area (Å²) in [4.78, 5) is 30.2. The SMILES string of the molecule is CCCn1c(C)c(C)n2c3c(=O)n(CC(C)C)c(=O)n(C)c3nc12. The molecule has 0 spiro atoms. The lowest BCUT2D eigenvalue weighted by Gasteiger charge is -2.10. The van der Waals surface area contributed by atoms with E-state index in [-0.39, 0.29) is 17.2 Å². The Bertz CT molecular complexity index is 1050. The Morgan fingerprint density at radius 1 is 1.08 bits per heavy atom. The molecule has 0 bridgehead atoms. The zero-order valence-corrected chi connectivity index (χ0v) is 15.3. The molecule has 0 aromatic carbocycles. The minimum atomic E-state index is -0.307. The second-order valence-corrected chi connectivity index (χ2v) is 6.89. The van der Waals surface area contributed by atoms with Crippen LogP contribution in [0.3, 0.4) is 0 Å². The van der Waals surface area contributed by atoms with Crippen LogP contribution < -0.4 is 11.2 Å². The molecule has 0 atom stereocenters. The lowest BCUT2D eigenvalue weighted by atomic mass is 10.2. The molecule has 3 aromatic heterocycles. The summed E-state index contributed by atoms with van der Waals surface area (Å²) >= 11 is 0. The Balaban J connectivity index is 2.52. The highest BCUT2D eigenvalue weighted by Gasteiger charge is 2.22. The van der Waals surface area contributed by atoms with Crippen molar-refractivity contribution in [2.75, 3.05) is 0 Å². The highest BCUT2D eigenvalue weighted by atomic mass is 16.2. The molecule has 3 aromatic rings. The largest absolute Gasteiger partial charge is 0.332 e. The lowest BCUT2D eigenvalue weighted by Crippen LogP contribution is -2.40. The molecule has 0 N–H and O–H groups in total. The summed E-state index contributed by atoms with van der Waals surface area (Å²) in [5, 5.41) is 0. The first kappa shape index (κ1) is 16.5. The molecule has 3 heterocycles. The lowest BCUT2D eigenvalue weighted by molar-refractivity contribution is 0.484. The van der Waals surface area contributed by atoms with Crippen molar-refractivity contribution in [3.05, 3.63) is 32.2 Å². The maximum atomic E-state index is 13.0. The Kier molecular flexibility index (Phi) is 3.89. The van der Waals surface area contributed by atoms with Crippen LogP contribution in [0.2, 0.25) is 0 Å². The van der Waals surface area contributed by atoms with Gasteiger partial charge in [-0.15, -0.1) is 0 Å². The highest BCUT2D eigenvalue weighted by Crippen LogP contribution is 2.20. The Morgan fingerprint density at radius 3 is 2.33 bits per heavy atom. The van der Waals surface area contributed by atoms with Gasteiger partial charge in [-0.25, -0.2) is 4.79 Å². The number of aromatic nitrogens is 5. The fraction of sp³-hybridized carbons (Fsp3) is 0.588. The normalized spacial score (nSPS) is 12.1. The smallest absolute Gasteiger partial charge is 0.314 e. The monoisotopic (exact) mass is 331 g/mol. The van der Waals surface area contributed by atoms with Gasteiger partial charge in [-0.3, -0.25) is 18.3 Å². The van der Waals surface area contributed by atoms with E-state index in [4.69, 9.17) is 0 Å². The number of hydrogen-bond acceptors (Lipinski definition) is 3. The molecule has 0 saturated heterocycles. The summed E-state index contributed by atoms with van der Waals surface area (Å²) in [5.41, 5.74) is 2.47. The third-order valence-corrected chi connectivity index (χ3v) is 4.62. The van der Waals surface area contributed by atoms with Crippen molar-refractivity contribution in [2.24, 2.45) is 13.0 Å². The molecule has 0 amide bonds. The predicted octanol–water partition coefficient (Wildman–Crippen LogP) is 1.83. The maximum absolute atomic E-state index is 13.0. The molecule has 0 saturated carbocycles. The minimum absolute atomic E-state index is 0.212. The van der Waals surface area contributed by atoms with Gasteiger partial charge in [0, 0.05) is 31.5 Å². The average molecular weight is 331 g/mol. The molecule has 0 aliphatic heterocycles. The molecule has 7 heteroatoms. The van der Waals surface area contributed by atoms with Crippen molar-refractivity contribution in [3.8, 4) is 0 Å². The molecule has 7 nitrogen and oxygen atoms in total. The number of fused-ring (bicyclic) bond motifs is 3. The van der Waals surface area contributed by atoms with Crippen molar-refractivity contribution in [1.82, 2.24) is 23.1 Å². The van der Waals surface area contributed by atoms with Gasteiger partial charge in [0.2, 0.25) is 5.78 Å². The Hall–Kier alpha value is -2.31. The van der Waals surface area contributed by atoms with Crippen molar-refractivity contribution < 1.29 is 0 Å². The quantitative estimate of drug-likeness (QED) is 0.732. The third kappa shape index (κ3) is 2.14. The van der Waals surface area contributed by atoms with Gasteiger partial charge in [0.15, 0.2) is 11.2 Å². The van der Waals surface area contributed by atoms with E-state index in [0.717, 1.165) is 30.1 Å². The first-order valence-electron chi connectivity index (χ1n) is 8.47. The summed E-state index contributed by atoms with van der Waals surface area (Å²) in [7, 11) is 1.68. The van der Waals surface area contributed by atoms with E-state index in [2.05, 4.69) is 16.5 Å². The topological polar surface area (TPSA) is 66.2 Å². The zero-order chi connectivity index (χ0) is 17.8. The molecule has 0 fully saturated rings. The Morgan fingerprint density at radius 2 is 1.75 bits per heavy atom. The molecule has 0 radical (unpaired) electrons. The first-order chi connectivity index (χ1) is 11.3. The van der Waals surface area contributed by atoms with Crippen LogP contribution in [0.1, 0.15) is 38.6 Å². The third-order valence-electron chi connectivity index (χ3n) is 4.62. The van der Waals surface area contributed by atoms with E-state index < -0.39 is 0 Å². The van der Waals surface area contributed by atoms with Crippen molar-refractivity contribution in [2.45, 2.75) is 54.1 Å². The van der Waals surface area contributed by atoms with Crippen LogP contribution in [0.25, 0.3) is 16.9 Å². The fourth-order valence-electron chi connectivity index (χ4n) is 3.33. The van der Waals surface area contributed by atoms with Gasteiger partial charge >= 0.3 is 5.69 Å². The Labute approximate surface area is 140 Å². The van der Waals surface area contributed by atoms with E-state index in [1.807, 2.05) is 32.1 Å². The van der Waals surface area contributed by atoms with E-state index in [9.17, 15) is 9.59 Å². The van der Waals surface area contributed by atoms with Crippen LogP contribution in [0.4, 0.5) is 0 Å². The first-order valence-corrected chi connectivity index (χ1v) is 8.47. The average Bonchev–Trinajstić information content (AvgIpc) is 3.02. The van der Waals surface area contributed by atoms with Gasteiger partial charge in [0.05, 0.1) is 0 Å².